The number of nitrogens with zero attached hydrogens (tertiary/aromatic N) is 2. The number of hydrogen-bond donors (Lipinski definition) is 0. The molecule has 1 aliphatic rings. The van der Waals surface area contributed by atoms with E-state index >= 15 is 0 Å². The molecule has 7 heteroatoms. The van der Waals surface area contributed by atoms with E-state index in [-0.39, 0.29) is 5.54 Å². The highest BCUT2D eigenvalue weighted by atomic mass is 35.5. The summed E-state index contributed by atoms with van der Waals surface area (Å²) in [5, 5.41) is 9.81. The van der Waals surface area contributed by atoms with Gasteiger partial charge in [0, 0.05) is 35.3 Å². The van der Waals surface area contributed by atoms with E-state index in [9.17, 15) is 13.7 Å². The van der Waals surface area contributed by atoms with Crippen LogP contribution >= 0.6 is 11.6 Å². The SMILES string of the molecule is C[C@@H]1C[C@H](COc2ccc(S(C)(=O)=O)cc2)CN1C(C)(C)Cc1cc(Cl)cc(C#N)c1. The molecule has 0 N–H and O–H groups in total. The van der Waals surface area contributed by atoms with Crippen molar-refractivity contribution in [2.75, 3.05) is 19.4 Å². The van der Waals surface area contributed by atoms with Crippen LogP contribution in [0, 0.1) is 17.2 Å². The minimum atomic E-state index is -3.20. The van der Waals surface area contributed by atoms with Crippen molar-refractivity contribution >= 4 is 21.4 Å². The van der Waals surface area contributed by atoms with E-state index in [2.05, 4.69) is 31.7 Å². The van der Waals surface area contributed by atoms with Gasteiger partial charge in [-0.15, -0.1) is 0 Å². The molecule has 2 atom stereocenters. The fourth-order valence-electron chi connectivity index (χ4n) is 4.52. The first-order valence-corrected chi connectivity index (χ1v) is 12.6. The van der Waals surface area contributed by atoms with E-state index in [0.29, 0.717) is 39.8 Å². The zero-order valence-electron chi connectivity index (χ0n) is 18.4. The molecule has 0 unspecified atom stereocenters. The second-order valence-corrected chi connectivity index (χ2v) is 11.6. The van der Waals surface area contributed by atoms with Gasteiger partial charge in [0.1, 0.15) is 5.75 Å². The molecule has 2 aromatic carbocycles. The fourth-order valence-corrected chi connectivity index (χ4v) is 5.41. The average molecular weight is 461 g/mol. The molecule has 1 aliphatic heterocycles. The third kappa shape index (κ3) is 6.00. The van der Waals surface area contributed by atoms with E-state index in [1.165, 1.54) is 6.26 Å². The summed E-state index contributed by atoms with van der Waals surface area (Å²) in [6.07, 6.45) is 3.03. The fraction of sp³-hybridized carbons (Fsp3) is 0.458. The number of likely N-dealkylation sites (tertiary alicyclic amines) is 1. The molecule has 0 radical (unpaired) electrons. The lowest BCUT2D eigenvalue weighted by Gasteiger charge is -2.39. The first-order chi connectivity index (χ1) is 14.5. The molecule has 0 saturated carbocycles. The quantitative estimate of drug-likeness (QED) is 0.597. The van der Waals surface area contributed by atoms with Gasteiger partial charge in [-0.25, -0.2) is 8.42 Å². The smallest absolute Gasteiger partial charge is 0.175 e. The normalized spacial score (nSPS) is 19.9. The van der Waals surface area contributed by atoms with Crippen LogP contribution in [0.25, 0.3) is 0 Å². The van der Waals surface area contributed by atoms with Crippen molar-refractivity contribution in [3.05, 3.63) is 58.6 Å². The highest BCUT2D eigenvalue weighted by molar-refractivity contribution is 7.90. The molecule has 5 nitrogen and oxygen atoms in total. The molecule has 166 valence electrons. The number of halogens is 1. The van der Waals surface area contributed by atoms with Gasteiger partial charge in [0.2, 0.25) is 0 Å². The zero-order chi connectivity index (χ0) is 22.8. The van der Waals surface area contributed by atoms with Crippen LogP contribution in [-0.2, 0) is 16.3 Å². The second-order valence-electron chi connectivity index (χ2n) is 9.11. The Kier molecular flexibility index (Phi) is 7.00. The summed E-state index contributed by atoms with van der Waals surface area (Å²) >= 11 is 6.19. The highest BCUT2D eigenvalue weighted by Gasteiger charge is 2.38. The van der Waals surface area contributed by atoms with Crippen molar-refractivity contribution in [1.82, 2.24) is 4.90 Å². The van der Waals surface area contributed by atoms with Crippen molar-refractivity contribution in [3.63, 3.8) is 0 Å². The predicted molar refractivity (Wildman–Crippen MR) is 123 cm³/mol. The second kappa shape index (κ2) is 9.20. The lowest BCUT2D eigenvalue weighted by molar-refractivity contribution is 0.107. The van der Waals surface area contributed by atoms with Crippen LogP contribution in [0.2, 0.25) is 5.02 Å². The summed E-state index contributed by atoms with van der Waals surface area (Å²) < 4.78 is 29.1. The van der Waals surface area contributed by atoms with Gasteiger partial charge in [0.25, 0.3) is 0 Å². The Morgan fingerprint density at radius 3 is 2.52 bits per heavy atom. The Hall–Kier alpha value is -2.07. The Morgan fingerprint density at radius 2 is 1.90 bits per heavy atom. The molecule has 1 saturated heterocycles. The Labute approximate surface area is 190 Å². The van der Waals surface area contributed by atoms with Crippen LogP contribution in [-0.4, -0.2) is 44.3 Å². The molecule has 0 amide bonds. The topological polar surface area (TPSA) is 70.4 Å². The molecule has 0 spiro atoms. The first-order valence-electron chi connectivity index (χ1n) is 10.4. The maximum atomic E-state index is 11.6. The van der Waals surface area contributed by atoms with Crippen molar-refractivity contribution < 1.29 is 13.2 Å². The summed E-state index contributed by atoms with van der Waals surface area (Å²) in [4.78, 5) is 2.80. The van der Waals surface area contributed by atoms with Gasteiger partial charge < -0.3 is 4.74 Å². The molecule has 31 heavy (non-hydrogen) atoms. The van der Waals surface area contributed by atoms with Gasteiger partial charge in [-0.2, -0.15) is 5.26 Å². The standard InChI is InChI=1S/C24H29ClN2O3S/c1-17-9-20(16-30-22-5-7-23(8-6-22)31(4,28)29)15-27(17)24(2,3)13-18-10-19(14-26)12-21(25)11-18/h5-8,10-12,17,20H,9,13,15-16H2,1-4H3/t17-,20+/m1/s1. The molecule has 2 aromatic rings. The number of rotatable bonds is 7. The maximum Gasteiger partial charge on any atom is 0.175 e. The lowest BCUT2D eigenvalue weighted by Crippen LogP contribution is -2.47. The van der Waals surface area contributed by atoms with Gasteiger partial charge in [-0.3, -0.25) is 4.90 Å². The Bertz CT molecular complexity index is 1070. The van der Waals surface area contributed by atoms with Crippen molar-refractivity contribution in [3.8, 4) is 11.8 Å². The Morgan fingerprint density at radius 1 is 1.23 bits per heavy atom. The molecular formula is C24H29ClN2O3S. The van der Waals surface area contributed by atoms with Crippen LogP contribution in [0.5, 0.6) is 5.75 Å². The minimum absolute atomic E-state index is 0.0945. The number of ether oxygens (including phenoxy) is 1. The number of nitriles is 1. The first kappa shape index (κ1) is 23.6. The monoisotopic (exact) mass is 460 g/mol. The number of hydrogen-bond acceptors (Lipinski definition) is 5. The van der Waals surface area contributed by atoms with Crippen molar-refractivity contribution in [2.45, 2.75) is 50.1 Å². The van der Waals surface area contributed by atoms with E-state index in [4.69, 9.17) is 16.3 Å². The average Bonchev–Trinajstić information content (AvgIpc) is 3.07. The van der Waals surface area contributed by atoms with Gasteiger partial charge in [-0.1, -0.05) is 11.6 Å². The molecule has 0 bridgehead atoms. The molecule has 0 aliphatic carbocycles. The number of benzene rings is 2. The van der Waals surface area contributed by atoms with E-state index in [1.807, 2.05) is 12.1 Å². The summed E-state index contributed by atoms with van der Waals surface area (Å²) in [6.45, 7) is 8.20. The van der Waals surface area contributed by atoms with Crippen LogP contribution in [0.3, 0.4) is 0 Å². The summed E-state index contributed by atoms with van der Waals surface area (Å²) in [7, 11) is -3.20. The van der Waals surface area contributed by atoms with Crippen LogP contribution in [0.4, 0.5) is 0 Å². The maximum absolute atomic E-state index is 11.6. The summed E-state index contributed by atoms with van der Waals surface area (Å²) in [6, 6.07) is 14.7. The Balaban J connectivity index is 1.62. The van der Waals surface area contributed by atoms with Crippen LogP contribution in [0.15, 0.2) is 47.4 Å². The van der Waals surface area contributed by atoms with E-state index in [0.717, 1.165) is 24.9 Å². The van der Waals surface area contributed by atoms with E-state index < -0.39 is 9.84 Å². The molecule has 1 heterocycles. The van der Waals surface area contributed by atoms with Crippen molar-refractivity contribution in [2.24, 2.45) is 5.92 Å². The van der Waals surface area contributed by atoms with Gasteiger partial charge >= 0.3 is 0 Å². The highest BCUT2D eigenvalue weighted by Crippen LogP contribution is 2.33. The summed E-state index contributed by atoms with van der Waals surface area (Å²) in [5.41, 5.74) is 1.55. The minimum Gasteiger partial charge on any atom is -0.493 e. The van der Waals surface area contributed by atoms with Gasteiger partial charge in [-0.05, 0) is 81.6 Å². The molecule has 1 fully saturated rings. The summed E-state index contributed by atoms with van der Waals surface area (Å²) in [5.74, 6) is 1.07. The number of sulfone groups is 1. The third-order valence-corrected chi connectivity index (χ3v) is 7.25. The zero-order valence-corrected chi connectivity index (χ0v) is 20.0. The molecule has 0 aromatic heterocycles. The molecular weight excluding hydrogens is 432 g/mol. The van der Waals surface area contributed by atoms with Gasteiger partial charge in [0.15, 0.2) is 9.84 Å². The van der Waals surface area contributed by atoms with E-state index in [1.54, 1.807) is 30.3 Å². The molecule has 3 rings (SSSR count). The largest absolute Gasteiger partial charge is 0.493 e. The van der Waals surface area contributed by atoms with Crippen LogP contribution < -0.4 is 4.74 Å². The van der Waals surface area contributed by atoms with Crippen molar-refractivity contribution in [1.29, 1.82) is 5.26 Å². The third-order valence-electron chi connectivity index (χ3n) is 5.90. The predicted octanol–water partition coefficient (Wildman–Crippen LogP) is 4.73. The van der Waals surface area contributed by atoms with Crippen LogP contribution in [0.1, 0.15) is 38.3 Å². The van der Waals surface area contributed by atoms with Gasteiger partial charge in [0.05, 0.1) is 23.1 Å². The lowest BCUT2D eigenvalue weighted by atomic mass is 9.91.